The van der Waals surface area contributed by atoms with Crippen molar-refractivity contribution in [1.82, 2.24) is 5.32 Å². The van der Waals surface area contributed by atoms with Gasteiger partial charge in [-0.05, 0) is 12.1 Å². The summed E-state index contributed by atoms with van der Waals surface area (Å²) in [5.74, 6) is -0.0464. The van der Waals surface area contributed by atoms with Crippen molar-refractivity contribution < 1.29 is 4.79 Å². The Balaban J connectivity index is 2.18. The molecule has 0 aliphatic carbocycles. The Morgan fingerprint density at radius 3 is 2.59 bits per heavy atom. The number of hydrogen-bond donors (Lipinski definition) is 2. The highest BCUT2D eigenvalue weighted by Crippen LogP contribution is 2.32. The number of benzene rings is 1. The van der Waals surface area contributed by atoms with Crippen molar-refractivity contribution in [2.75, 3.05) is 18.4 Å². The molecule has 0 atom stereocenters. The molecule has 2 rings (SSSR count). The first kappa shape index (κ1) is 12.5. The van der Waals surface area contributed by atoms with Gasteiger partial charge in [-0.25, -0.2) is 0 Å². The lowest BCUT2D eigenvalue weighted by Crippen LogP contribution is -2.32. The van der Waals surface area contributed by atoms with E-state index in [0.717, 1.165) is 0 Å². The van der Waals surface area contributed by atoms with Crippen LogP contribution in [0.5, 0.6) is 0 Å². The van der Waals surface area contributed by atoms with Crippen LogP contribution in [-0.4, -0.2) is 24.8 Å². The summed E-state index contributed by atoms with van der Waals surface area (Å²) in [4.78, 5) is 15.7. The molecule has 2 N–H and O–H groups in total. The molecular formula is C10H8Cl3N3O. The van der Waals surface area contributed by atoms with Gasteiger partial charge >= 0.3 is 0 Å². The zero-order valence-corrected chi connectivity index (χ0v) is 10.8. The molecule has 0 aromatic heterocycles. The Bertz CT molecular complexity index is 502. The highest BCUT2D eigenvalue weighted by molar-refractivity contribution is 6.46. The maximum absolute atomic E-state index is 11.7. The number of aliphatic imine (C=N–C) groups is 1. The Kier molecular flexibility index (Phi) is 3.76. The van der Waals surface area contributed by atoms with E-state index in [4.69, 9.17) is 34.8 Å². The molecule has 0 bridgehead atoms. The maximum atomic E-state index is 11.7. The first-order valence-electron chi connectivity index (χ1n) is 4.82. The van der Waals surface area contributed by atoms with Crippen molar-refractivity contribution in [2.24, 2.45) is 4.99 Å². The fourth-order valence-corrected chi connectivity index (χ4v) is 1.94. The third kappa shape index (κ3) is 2.83. The summed E-state index contributed by atoms with van der Waals surface area (Å²) in [6.07, 6.45) is 0. The van der Waals surface area contributed by atoms with Crippen molar-refractivity contribution in [3.63, 3.8) is 0 Å². The lowest BCUT2D eigenvalue weighted by atomic mass is 10.3. The van der Waals surface area contributed by atoms with Crippen molar-refractivity contribution >= 4 is 52.2 Å². The molecule has 90 valence electrons. The third-order valence-electron chi connectivity index (χ3n) is 2.15. The average molecular weight is 293 g/mol. The van der Waals surface area contributed by atoms with Gasteiger partial charge in [-0.3, -0.25) is 9.79 Å². The SMILES string of the molecule is O=C(Nc1cc(Cl)c(Cl)cc1Cl)C1=NCCN1. The molecule has 0 fully saturated rings. The molecule has 7 heteroatoms. The average Bonchev–Trinajstić information content (AvgIpc) is 2.79. The highest BCUT2D eigenvalue weighted by atomic mass is 35.5. The summed E-state index contributed by atoms with van der Waals surface area (Å²) >= 11 is 17.6. The number of rotatable bonds is 2. The van der Waals surface area contributed by atoms with Crippen LogP contribution in [0.15, 0.2) is 17.1 Å². The summed E-state index contributed by atoms with van der Waals surface area (Å²) in [5.41, 5.74) is 0.405. The van der Waals surface area contributed by atoms with Crippen molar-refractivity contribution in [3.05, 3.63) is 27.2 Å². The summed E-state index contributed by atoms with van der Waals surface area (Å²) < 4.78 is 0. The Morgan fingerprint density at radius 2 is 1.94 bits per heavy atom. The van der Waals surface area contributed by atoms with Crippen LogP contribution in [0.3, 0.4) is 0 Å². The molecule has 0 spiro atoms. The van der Waals surface area contributed by atoms with Gasteiger partial charge in [0, 0.05) is 6.54 Å². The van der Waals surface area contributed by atoms with Crippen LogP contribution in [0.2, 0.25) is 15.1 Å². The summed E-state index contributed by atoms with van der Waals surface area (Å²) in [5, 5.41) is 6.46. The van der Waals surface area contributed by atoms with E-state index in [1.165, 1.54) is 12.1 Å². The molecular weight excluding hydrogens is 284 g/mol. The number of carbonyl (C=O) groups is 1. The van der Waals surface area contributed by atoms with Crippen LogP contribution < -0.4 is 10.6 Å². The fourth-order valence-electron chi connectivity index (χ4n) is 1.35. The standard InChI is InChI=1S/C10H8Cl3N3O/c11-5-3-7(13)8(4-6(5)12)16-10(17)9-14-1-2-15-9/h3-4H,1-2H2,(H,14,15)(H,16,17). The molecule has 1 aliphatic heterocycles. The highest BCUT2D eigenvalue weighted by Gasteiger charge is 2.16. The van der Waals surface area contributed by atoms with Gasteiger partial charge in [0.25, 0.3) is 5.91 Å². The number of amidine groups is 1. The second-order valence-corrected chi connectivity index (χ2v) is 4.58. The minimum Gasteiger partial charge on any atom is -0.364 e. The quantitative estimate of drug-likeness (QED) is 0.823. The van der Waals surface area contributed by atoms with Crippen molar-refractivity contribution in [1.29, 1.82) is 0 Å². The minimum atomic E-state index is -0.345. The first-order chi connectivity index (χ1) is 8.08. The van der Waals surface area contributed by atoms with E-state index in [1.807, 2.05) is 0 Å². The van der Waals surface area contributed by atoms with Gasteiger partial charge in [0.15, 0.2) is 5.84 Å². The van der Waals surface area contributed by atoms with Crippen LogP contribution >= 0.6 is 34.8 Å². The minimum absolute atomic E-state index is 0.298. The monoisotopic (exact) mass is 291 g/mol. The van der Waals surface area contributed by atoms with Crippen molar-refractivity contribution in [3.8, 4) is 0 Å². The Hall–Kier alpha value is -0.970. The second kappa shape index (κ2) is 5.12. The lowest BCUT2D eigenvalue weighted by molar-refractivity contribution is -0.110. The van der Waals surface area contributed by atoms with Crippen LogP contribution in [-0.2, 0) is 4.79 Å². The van der Waals surface area contributed by atoms with Crippen molar-refractivity contribution in [2.45, 2.75) is 0 Å². The van der Waals surface area contributed by atoms with Gasteiger partial charge in [-0.1, -0.05) is 34.8 Å². The summed E-state index contributed by atoms with van der Waals surface area (Å²) in [6.45, 7) is 1.26. The fraction of sp³-hybridized carbons (Fsp3) is 0.200. The van der Waals surface area contributed by atoms with E-state index in [0.29, 0.717) is 39.7 Å². The molecule has 4 nitrogen and oxygen atoms in total. The molecule has 1 heterocycles. The molecule has 1 aromatic rings. The number of nitrogens with zero attached hydrogens (tertiary/aromatic N) is 1. The summed E-state index contributed by atoms with van der Waals surface area (Å²) in [7, 11) is 0. The van der Waals surface area contributed by atoms with E-state index in [1.54, 1.807) is 0 Å². The number of halogens is 3. The van der Waals surface area contributed by atoms with E-state index in [2.05, 4.69) is 15.6 Å². The molecule has 0 unspecified atom stereocenters. The van der Waals surface area contributed by atoms with Gasteiger partial charge < -0.3 is 10.6 Å². The zero-order valence-electron chi connectivity index (χ0n) is 8.56. The number of hydrogen-bond acceptors (Lipinski definition) is 3. The van der Waals surface area contributed by atoms with Gasteiger partial charge in [-0.15, -0.1) is 0 Å². The third-order valence-corrected chi connectivity index (χ3v) is 3.18. The van der Waals surface area contributed by atoms with Crippen LogP contribution in [0, 0.1) is 0 Å². The van der Waals surface area contributed by atoms with E-state index < -0.39 is 0 Å². The molecule has 1 aromatic carbocycles. The van der Waals surface area contributed by atoms with Gasteiger partial charge in [-0.2, -0.15) is 0 Å². The Labute approximate surface area is 113 Å². The molecule has 1 amide bonds. The summed E-state index contributed by atoms with van der Waals surface area (Å²) in [6, 6.07) is 2.98. The predicted octanol–water partition coefficient (Wildman–Crippen LogP) is 2.59. The lowest BCUT2D eigenvalue weighted by Gasteiger charge is -2.08. The van der Waals surface area contributed by atoms with Crippen LogP contribution in [0.4, 0.5) is 5.69 Å². The second-order valence-electron chi connectivity index (χ2n) is 3.36. The van der Waals surface area contributed by atoms with E-state index in [-0.39, 0.29) is 5.91 Å². The number of carbonyl (C=O) groups excluding carboxylic acids is 1. The molecule has 0 saturated carbocycles. The van der Waals surface area contributed by atoms with Crippen LogP contribution in [0.25, 0.3) is 0 Å². The number of nitrogens with one attached hydrogen (secondary N) is 2. The van der Waals surface area contributed by atoms with Crippen LogP contribution in [0.1, 0.15) is 0 Å². The molecule has 1 aliphatic rings. The zero-order chi connectivity index (χ0) is 12.4. The topological polar surface area (TPSA) is 53.5 Å². The molecule has 0 radical (unpaired) electrons. The van der Waals surface area contributed by atoms with Gasteiger partial charge in [0.2, 0.25) is 0 Å². The number of anilines is 1. The molecule has 0 saturated heterocycles. The first-order valence-corrected chi connectivity index (χ1v) is 5.95. The van der Waals surface area contributed by atoms with E-state index >= 15 is 0 Å². The number of amides is 1. The maximum Gasteiger partial charge on any atom is 0.290 e. The smallest absolute Gasteiger partial charge is 0.290 e. The van der Waals surface area contributed by atoms with E-state index in [9.17, 15) is 4.79 Å². The largest absolute Gasteiger partial charge is 0.364 e. The Morgan fingerprint density at radius 1 is 1.24 bits per heavy atom. The van der Waals surface area contributed by atoms with Gasteiger partial charge in [0.05, 0.1) is 27.3 Å². The molecule has 17 heavy (non-hydrogen) atoms. The van der Waals surface area contributed by atoms with Gasteiger partial charge in [0.1, 0.15) is 0 Å². The normalized spacial score (nSPS) is 14.2. The predicted molar refractivity (Wildman–Crippen MR) is 70.4 cm³/mol.